The number of anilines is 3. The maximum Gasteiger partial charge on any atom is 0.135 e. The second-order valence-electron chi connectivity index (χ2n) is 18.7. The molecule has 2 nitrogen and oxygen atoms in total. The lowest BCUT2D eigenvalue weighted by Crippen LogP contribution is -2.26. The van der Waals surface area contributed by atoms with Gasteiger partial charge in [-0.2, -0.15) is 0 Å². The van der Waals surface area contributed by atoms with Crippen LogP contribution in [-0.2, 0) is 5.41 Å². The third-order valence-electron chi connectivity index (χ3n) is 15.3. The summed E-state index contributed by atoms with van der Waals surface area (Å²) in [7, 11) is 0. The van der Waals surface area contributed by atoms with Crippen molar-refractivity contribution >= 4 is 71.3 Å². The van der Waals surface area contributed by atoms with Gasteiger partial charge < -0.3 is 9.32 Å². The molecule has 320 valence electrons. The van der Waals surface area contributed by atoms with Gasteiger partial charge in [-0.05, 0) is 142 Å². The van der Waals surface area contributed by atoms with Gasteiger partial charge in [-0.15, -0.1) is 0 Å². The molecule has 0 radical (unpaired) electrons. The highest BCUT2D eigenvalue weighted by Crippen LogP contribution is 2.63. The summed E-state index contributed by atoms with van der Waals surface area (Å²) in [6.07, 6.45) is 0. The van der Waals surface area contributed by atoms with Crippen LogP contribution in [0.15, 0.2) is 253 Å². The zero-order valence-corrected chi connectivity index (χ0v) is 37.5. The van der Waals surface area contributed by atoms with E-state index >= 15 is 0 Å². The molecule has 1 spiro atoms. The van der Waals surface area contributed by atoms with Crippen molar-refractivity contribution in [3.63, 3.8) is 0 Å². The van der Waals surface area contributed by atoms with E-state index in [1.54, 1.807) is 0 Å². The van der Waals surface area contributed by atoms with E-state index in [1.165, 1.54) is 99.1 Å². The second-order valence-corrected chi connectivity index (χ2v) is 18.7. The first-order valence-electron chi connectivity index (χ1n) is 23.9. The molecule has 0 aliphatic heterocycles. The van der Waals surface area contributed by atoms with E-state index in [9.17, 15) is 0 Å². The van der Waals surface area contributed by atoms with Gasteiger partial charge in [-0.1, -0.05) is 200 Å². The van der Waals surface area contributed by atoms with Crippen LogP contribution < -0.4 is 4.90 Å². The Hall–Kier alpha value is -8.98. The molecule has 0 unspecified atom stereocenters. The highest BCUT2D eigenvalue weighted by atomic mass is 16.3. The van der Waals surface area contributed by atoms with Gasteiger partial charge in [0.25, 0.3) is 0 Å². The topological polar surface area (TPSA) is 16.4 Å². The van der Waals surface area contributed by atoms with Crippen LogP contribution in [0, 0.1) is 0 Å². The molecule has 15 rings (SSSR count). The average Bonchev–Trinajstić information content (AvgIpc) is 4.05. The van der Waals surface area contributed by atoms with E-state index < -0.39 is 5.41 Å². The summed E-state index contributed by atoms with van der Waals surface area (Å²) in [6, 6.07) is 92.0. The lowest BCUT2D eigenvalue weighted by molar-refractivity contribution is 0.669. The van der Waals surface area contributed by atoms with Gasteiger partial charge in [0.2, 0.25) is 0 Å². The monoisotopic (exact) mass is 875 g/mol. The van der Waals surface area contributed by atoms with E-state index in [-0.39, 0.29) is 0 Å². The van der Waals surface area contributed by atoms with Gasteiger partial charge >= 0.3 is 0 Å². The Balaban J connectivity index is 0.918. The Bertz CT molecular complexity index is 4140. The number of nitrogens with zero attached hydrogens (tertiary/aromatic N) is 1. The fourth-order valence-corrected chi connectivity index (χ4v) is 12.3. The maximum atomic E-state index is 6.14. The van der Waals surface area contributed by atoms with E-state index in [0.717, 1.165) is 39.0 Å². The quantitative estimate of drug-likeness (QED) is 0.160. The Morgan fingerprint density at radius 3 is 1.33 bits per heavy atom. The highest BCUT2D eigenvalue weighted by Gasteiger charge is 2.51. The molecule has 0 amide bonds. The van der Waals surface area contributed by atoms with Gasteiger partial charge in [0.05, 0.1) is 11.1 Å². The molecule has 1 heterocycles. The van der Waals surface area contributed by atoms with Crippen molar-refractivity contribution in [2.75, 3.05) is 4.90 Å². The predicted molar refractivity (Wildman–Crippen MR) is 288 cm³/mol. The zero-order chi connectivity index (χ0) is 45.2. The Morgan fingerprint density at radius 1 is 0.275 bits per heavy atom. The summed E-state index contributed by atoms with van der Waals surface area (Å²) in [5, 5.41) is 9.79. The van der Waals surface area contributed by atoms with Crippen molar-refractivity contribution in [2.45, 2.75) is 5.41 Å². The van der Waals surface area contributed by atoms with E-state index in [2.05, 4.69) is 241 Å². The van der Waals surface area contributed by atoms with Crippen molar-refractivity contribution in [2.24, 2.45) is 0 Å². The van der Waals surface area contributed by atoms with E-state index in [1.807, 2.05) is 12.1 Å². The number of hydrogen-bond acceptors (Lipinski definition) is 2. The lowest BCUT2D eigenvalue weighted by Gasteiger charge is -2.32. The molecular weight excluding hydrogens is 835 g/mol. The summed E-state index contributed by atoms with van der Waals surface area (Å²) in [5.74, 6) is 0. The fourth-order valence-electron chi connectivity index (χ4n) is 12.3. The predicted octanol–water partition coefficient (Wildman–Crippen LogP) is 18.2. The summed E-state index contributed by atoms with van der Waals surface area (Å²) in [4.78, 5) is 2.51. The van der Waals surface area contributed by atoms with Gasteiger partial charge in [-0.3, -0.25) is 0 Å². The molecule has 0 atom stereocenters. The summed E-state index contributed by atoms with van der Waals surface area (Å²) in [6.45, 7) is 0. The van der Waals surface area contributed by atoms with Crippen LogP contribution >= 0.6 is 0 Å². The molecule has 0 fully saturated rings. The minimum absolute atomic E-state index is 0.462. The molecule has 13 aromatic rings. The molecule has 0 N–H and O–H groups in total. The molecule has 69 heavy (non-hydrogen) atoms. The number of hydrogen-bond donors (Lipinski definition) is 0. The first-order chi connectivity index (χ1) is 34.2. The van der Waals surface area contributed by atoms with Crippen LogP contribution in [0.4, 0.5) is 17.1 Å². The minimum atomic E-state index is -0.462. The van der Waals surface area contributed by atoms with Crippen LogP contribution in [0.3, 0.4) is 0 Å². The summed E-state index contributed by atoms with van der Waals surface area (Å²) < 4.78 is 6.14. The fraction of sp³-hybridized carbons (Fsp3) is 0.0149. The standard InChI is InChI=1S/C67H41NO/c1-2-15-50-48(14-1)49-16-3-4-21-56(49)66-57(50)22-13-26-63(66)68(46-35-32-43(33-36-46)42-28-30-44(31-29-42)45-34-39-65-58(40-45)55-20-8-12-27-64(55)69-65)47-37-38-54-53-19-7-11-25-61(53)67(62(54)41-47)59-23-9-5-17-51(59)52-18-6-10-24-60(52)67/h1-41H. The molecule has 1 aromatic heterocycles. The highest BCUT2D eigenvalue weighted by molar-refractivity contribution is 6.28. The Kier molecular flexibility index (Phi) is 8.02. The first-order valence-corrected chi connectivity index (χ1v) is 23.9. The van der Waals surface area contributed by atoms with E-state index in [4.69, 9.17) is 4.42 Å². The van der Waals surface area contributed by atoms with Gasteiger partial charge in [0, 0.05) is 27.5 Å². The molecular formula is C67H41NO. The Labute approximate surface area is 399 Å². The average molecular weight is 876 g/mol. The van der Waals surface area contributed by atoms with Crippen LogP contribution in [0.2, 0.25) is 0 Å². The largest absolute Gasteiger partial charge is 0.456 e. The van der Waals surface area contributed by atoms with Crippen LogP contribution in [0.25, 0.3) is 98.8 Å². The first kappa shape index (κ1) is 38.2. The van der Waals surface area contributed by atoms with Crippen LogP contribution in [0.5, 0.6) is 0 Å². The van der Waals surface area contributed by atoms with Crippen molar-refractivity contribution in [3.8, 4) is 44.5 Å². The van der Waals surface area contributed by atoms with Crippen LogP contribution in [-0.4, -0.2) is 0 Å². The number of furan rings is 1. The number of fused-ring (bicyclic) bond motifs is 19. The summed E-state index contributed by atoms with van der Waals surface area (Å²) in [5.41, 5.74) is 19.9. The second kappa shape index (κ2) is 14.5. The molecule has 0 saturated heterocycles. The molecule has 12 aromatic carbocycles. The summed E-state index contributed by atoms with van der Waals surface area (Å²) >= 11 is 0. The normalized spacial score (nSPS) is 13.0. The third kappa shape index (κ3) is 5.37. The number of rotatable bonds is 5. The van der Waals surface area contributed by atoms with Crippen molar-refractivity contribution in [1.29, 1.82) is 0 Å². The lowest BCUT2D eigenvalue weighted by atomic mass is 9.70. The Morgan fingerprint density at radius 2 is 0.710 bits per heavy atom. The van der Waals surface area contributed by atoms with Crippen molar-refractivity contribution < 1.29 is 4.42 Å². The van der Waals surface area contributed by atoms with Gasteiger partial charge in [-0.25, -0.2) is 0 Å². The maximum absolute atomic E-state index is 6.14. The molecule has 2 aliphatic rings. The zero-order valence-electron chi connectivity index (χ0n) is 37.5. The van der Waals surface area contributed by atoms with Crippen molar-refractivity contribution in [3.05, 3.63) is 271 Å². The van der Waals surface area contributed by atoms with Crippen molar-refractivity contribution in [1.82, 2.24) is 0 Å². The minimum Gasteiger partial charge on any atom is -0.456 e. The van der Waals surface area contributed by atoms with E-state index in [0.29, 0.717) is 0 Å². The molecule has 0 bridgehead atoms. The SMILES string of the molecule is c1ccc2c(c1)-c1ccccc1C21c2ccccc2-c2ccc(N(c3ccc(-c4ccc(-c5ccc6oc7ccccc7c6c5)cc4)cc3)c3cccc4c5ccccc5c5ccccc5c34)cc21. The van der Waals surface area contributed by atoms with Gasteiger partial charge in [0.1, 0.15) is 11.2 Å². The number of para-hydroxylation sites is 1. The number of benzene rings is 12. The van der Waals surface area contributed by atoms with Crippen LogP contribution in [0.1, 0.15) is 22.3 Å². The molecule has 0 saturated carbocycles. The third-order valence-corrected chi connectivity index (χ3v) is 15.3. The molecule has 2 heteroatoms. The smallest absolute Gasteiger partial charge is 0.135 e. The molecule has 2 aliphatic carbocycles. The van der Waals surface area contributed by atoms with Gasteiger partial charge in [0.15, 0.2) is 0 Å².